The van der Waals surface area contributed by atoms with Crippen molar-refractivity contribution in [3.05, 3.63) is 64.7 Å². The number of rotatable bonds is 6. The van der Waals surface area contributed by atoms with E-state index in [0.717, 1.165) is 17.5 Å². The smallest absolute Gasteiger partial charge is 0.254 e. The Morgan fingerprint density at radius 3 is 2.68 bits per heavy atom. The molecule has 0 aromatic heterocycles. The average Bonchev–Trinajstić information content (AvgIpc) is 3.30. The van der Waals surface area contributed by atoms with Gasteiger partial charge in [0, 0.05) is 36.7 Å². The summed E-state index contributed by atoms with van der Waals surface area (Å²) in [5.41, 5.74) is 2.79. The number of carbonyl (C=O) groups excluding carboxylic acids is 2. The lowest BCUT2D eigenvalue weighted by Gasteiger charge is -2.13. The molecular weight excluding hydrogens is 356 g/mol. The summed E-state index contributed by atoms with van der Waals surface area (Å²) < 4.78 is 5.88. The van der Waals surface area contributed by atoms with Crippen molar-refractivity contribution in [2.24, 2.45) is 5.92 Å². The van der Waals surface area contributed by atoms with Crippen molar-refractivity contribution in [1.29, 1.82) is 0 Å². The van der Waals surface area contributed by atoms with Gasteiger partial charge in [-0.05, 0) is 36.5 Å². The van der Waals surface area contributed by atoms with Crippen LogP contribution in [0.25, 0.3) is 0 Å². The number of hydrogen-bond acceptors (Lipinski definition) is 4. The second kappa shape index (κ2) is 7.64. The third kappa shape index (κ3) is 3.47. The molecule has 1 saturated carbocycles. The van der Waals surface area contributed by atoms with Gasteiger partial charge in [-0.2, -0.15) is 0 Å². The largest absolute Gasteiger partial charge is 0.491 e. The first-order chi connectivity index (χ1) is 13.6. The monoisotopic (exact) mass is 380 g/mol. The topological polar surface area (TPSA) is 87.7 Å². The second-order valence-electron chi connectivity index (χ2n) is 7.38. The summed E-state index contributed by atoms with van der Waals surface area (Å²) in [4.78, 5) is 25.2. The Morgan fingerprint density at radius 1 is 1.18 bits per heavy atom. The van der Waals surface area contributed by atoms with Crippen LogP contribution in [-0.2, 0) is 0 Å². The highest BCUT2D eigenvalue weighted by Crippen LogP contribution is 2.41. The van der Waals surface area contributed by atoms with E-state index < -0.39 is 0 Å². The third-order valence-corrected chi connectivity index (χ3v) is 5.56. The third-order valence-electron chi connectivity index (χ3n) is 5.56. The zero-order chi connectivity index (χ0) is 19.7. The highest BCUT2D eigenvalue weighted by molar-refractivity contribution is 6.02. The summed E-state index contributed by atoms with van der Waals surface area (Å²) >= 11 is 0. The SMILES string of the molecule is CNC(=O)c1cc(C(=O)N[C@@H]2C[C@H]2CCO)cc2c1OCC2c1ccccc1. The van der Waals surface area contributed by atoms with Crippen molar-refractivity contribution < 1.29 is 19.4 Å². The molecule has 0 bridgehead atoms. The van der Waals surface area contributed by atoms with Gasteiger partial charge in [0.15, 0.2) is 0 Å². The second-order valence-corrected chi connectivity index (χ2v) is 7.38. The zero-order valence-corrected chi connectivity index (χ0v) is 15.8. The molecule has 28 heavy (non-hydrogen) atoms. The summed E-state index contributed by atoms with van der Waals surface area (Å²) in [6.07, 6.45) is 1.58. The van der Waals surface area contributed by atoms with Crippen LogP contribution in [0.4, 0.5) is 0 Å². The molecule has 2 aliphatic rings. The first-order valence-electron chi connectivity index (χ1n) is 9.62. The molecule has 1 unspecified atom stereocenters. The molecule has 0 saturated heterocycles. The van der Waals surface area contributed by atoms with E-state index in [1.807, 2.05) is 36.4 Å². The van der Waals surface area contributed by atoms with Crippen LogP contribution in [0.3, 0.4) is 0 Å². The number of amides is 2. The lowest BCUT2D eigenvalue weighted by atomic mass is 9.90. The van der Waals surface area contributed by atoms with Gasteiger partial charge in [-0.1, -0.05) is 30.3 Å². The molecule has 3 N–H and O–H groups in total. The van der Waals surface area contributed by atoms with E-state index in [9.17, 15) is 9.59 Å². The minimum Gasteiger partial charge on any atom is -0.491 e. The lowest BCUT2D eigenvalue weighted by molar-refractivity contribution is 0.0948. The Hall–Kier alpha value is -2.86. The maximum absolute atomic E-state index is 12.8. The van der Waals surface area contributed by atoms with E-state index in [1.54, 1.807) is 13.1 Å². The molecule has 146 valence electrons. The molecule has 6 heteroatoms. The lowest BCUT2D eigenvalue weighted by Crippen LogP contribution is -2.28. The Kier molecular flexibility index (Phi) is 5.05. The fraction of sp³-hybridized carbons (Fsp3) is 0.364. The number of nitrogens with one attached hydrogen (secondary N) is 2. The van der Waals surface area contributed by atoms with E-state index in [0.29, 0.717) is 35.8 Å². The van der Waals surface area contributed by atoms with E-state index in [1.165, 1.54) is 0 Å². The van der Waals surface area contributed by atoms with Crippen LogP contribution in [0, 0.1) is 5.92 Å². The van der Waals surface area contributed by atoms with Crippen molar-refractivity contribution in [1.82, 2.24) is 10.6 Å². The average molecular weight is 380 g/mol. The highest BCUT2D eigenvalue weighted by atomic mass is 16.5. The van der Waals surface area contributed by atoms with E-state index in [2.05, 4.69) is 10.6 Å². The molecule has 1 aliphatic heterocycles. The Balaban J connectivity index is 1.67. The number of aliphatic hydroxyl groups is 1. The molecule has 2 amide bonds. The molecule has 1 aliphatic carbocycles. The van der Waals surface area contributed by atoms with Crippen molar-refractivity contribution in [3.8, 4) is 5.75 Å². The van der Waals surface area contributed by atoms with Gasteiger partial charge in [0.1, 0.15) is 5.75 Å². The van der Waals surface area contributed by atoms with Crippen molar-refractivity contribution in [3.63, 3.8) is 0 Å². The number of aliphatic hydroxyl groups excluding tert-OH is 1. The van der Waals surface area contributed by atoms with E-state index in [4.69, 9.17) is 9.84 Å². The number of benzene rings is 2. The summed E-state index contributed by atoms with van der Waals surface area (Å²) in [5, 5.41) is 14.7. The van der Waals surface area contributed by atoms with Gasteiger partial charge >= 0.3 is 0 Å². The van der Waals surface area contributed by atoms with E-state index >= 15 is 0 Å². The van der Waals surface area contributed by atoms with Gasteiger partial charge in [0.05, 0.1) is 12.2 Å². The molecular formula is C22H24N2O4. The van der Waals surface area contributed by atoms with Crippen LogP contribution in [0.15, 0.2) is 42.5 Å². The number of fused-ring (bicyclic) bond motifs is 1. The fourth-order valence-corrected chi connectivity index (χ4v) is 3.88. The van der Waals surface area contributed by atoms with Crippen molar-refractivity contribution >= 4 is 11.8 Å². The van der Waals surface area contributed by atoms with Crippen molar-refractivity contribution in [2.45, 2.75) is 24.8 Å². The Labute approximate surface area is 163 Å². The maximum Gasteiger partial charge on any atom is 0.254 e. The predicted octanol–water partition coefficient (Wildman–Crippen LogP) is 2.07. The van der Waals surface area contributed by atoms with Gasteiger partial charge in [-0.15, -0.1) is 0 Å². The molecule has 1 heterocycles. The molecule has 2 aromatic rings. The summed E-state index contributed by atoms with van der Waals surface area (Å²) in [6.45, 7) is 0.572. The van der Waals surface area contributed by atoms with E-state index in [-0.39, 0.29) is 30.4 Å². The number of hydrogen-bond donors (Lipinski definition) is 3. The number of ether oxygens (including phenoxy) is 1. The van der Waals surface area contributed by atoms with Crippen LogP contribution >= 0.6 is 0 Å². The first kappa shape index (κ1) is 18.5. The quantitative estimate of drug-likeness (QED) is 0.716. The highest BCUT2D eigenvalue weighted by Gasteiger charge is 2.38. The summed E-state index contributed by atoms with van der Waals surface area (Å²) in [7, 11) is 1.56. The normalized spacial score (nSPS) is 22.1. The van der Waals surface area contributed by atoms with Crippen LogP contribution in [0.1, 0.15) is 50.6 Å². The van der Waals surface area contributed by atoms with Crippen LogP contribution < -0.4 is 15.4 Å². The first-order valence-corrected chi connectivity index (χ1v) is 9.62. The molecule has 0 spiro atoms. The molecule has 2 aromatic carbocycles. The molecule has 1 fully saturated rings. The molecule has 0 radical (unpaired) electrons. The Bertz CT molecular complexity index is 897. The van der Waals surface area contributed by atoms with Crippen LogP contribution in [0.5, 0.6) is 5.75 Å². The van der Waals surface area contributed by atoms with Gasteiger partial charge < -0.3 is 20.5 Å². The van der Waals surface area contributed by atoms with Gasteiger partial charge in [-0.25, -0.2) is 0 Å². The fourth-order valence-electron chi connectivity index (χ4n) is 3.88. The minimum absolute atomic E-state index is 0.0181. The maximum atomic E-state index is 12.8. The van der Waals surface area contributed by atoms with Crippen molar-refractivity contribution in [2.75, 3.05) is 20.3 Å². The zero-order valence-electron chi connectivity index (χ0n) is 15.8. The summed E-state index contributed by atoms with van der Waals surface area (Å²) in [6, 6.07) is 13.5. The predicted molar refractivity (Wildman–Crippen MR) is 105 cm³/mol. The standard InChI is InChI=1S/C22H24N2O4/c1-23-22(27)17-10-15(21(26)24-19-11-14(19)7-8-25)9-16-18(12-28-20(16)17)13-5-3-2-4-6-13/h2-6,9-10,14,18-19,25H,7-8,11-12H2,1H3,(H,23,27)(H,24,26)/t14-,18?,19-/m1/s1. The molecule has 6 nitrogen and oxygen atoms in total. The number of carbonyl (C=O) groups is 2. The van der Waals surface area contributed by atoms with Gasteiger partial charge in [0.2, 0.25) is 0 Å². The van der Waals surface area contributed by atoms with Gasteiger partial charge in [0.25, 0.3) is 11.8 Å². The molecule has 4 rings (SSSR count). The Morgan fingerprint density at radius 2 is 1.96 bits per heavy atom. The minimum atomic E-state index is -0.274. The summed E-state index contributed by atoms with van der Waals surface area (Å²) in [5.74, 6) is 0.397. The van der Waals surface area contributed by atoms with Crippen LogP contribution in [0.2, 0.25) is 0 Å². The van der Waals surface area contributed by atoms with Gasteiger partial charge in [-0.3, -0.25) is 9.59 Å². The van der Waals surface area contributed by atoms with Crippen LogP contribution in [-0.4, -0.2) is 43.2 Å². The molecule has 3 atom stereocenters.